The molecule has 0 saturated carbocycles. The van der Waals surface area contributed by atoms with Crippen LogP contribution in [0.4, 0.5) is 4.39 Å². The van der Waals surface area contributed by atoms with Crippen molar-refractivity contribution in [1.29, 1.82) is 0 Å². The van der Waals surface area contributed by atoms with Gasteiger partial charge in [0.1, 0.15) is 11.9 Å². The van der Waals surface area contributed by atoms with Gasteiger partial charge in [0.25, 0.3) is 0 Å². The zero-order valence-electron chi connectivity index (χ0n) is 12.5. The molecule has 1 aromatic carbocycles. The molecule has 0 aliphatic rings. The topological polar surface area (TPSA) is 36.6 Å². The number of furan rings is 1. The molecule has 0 aliphatic carbocycles. The van der Waals surface area contributed by atoms with Crippen molar-refractivity contribution in [2.75, 3.05) is 13.1 Å². The quantitative estimate of drug-likeness (QED) is 0.906. The van der Waals surface area contributed by atoms with Crippen molar-refractivity contribution in [1.82, 2.24) is 4.90 Å². The van der Waals surface area contributed by atoms with Crippen molar-refractivity contribution in [3.05, 3.63) is 35.8 Å². The van der Waals surface area contributed by atoms with E-state index in [9.17, 15) is 9.50 Å². The lowest BCUT2D eigenvalue weighted by atomic mass is 9.93. The molecular formula is C16H22FNO2. The van der Waals surface area contributed by atoms with E-state index in [1.54, 1.807) is 18.2 Å². The molecule has 110 valence electrons. The van der Waals surface area contributed by atoms with Crippen LogP contribution in [0.3, 0.4) is 0 Å². The van der Waals surface area contributed by atoms with E-state index in [4.69, 9.17) is 4.42 Å². The highest BCUT2D eigenvalue weighted by Gasteiger charge is 2.36. The highest BCUT2D eigenvalue weighted by atomic mass is 19.1. The summed E-state index contributed by atoms with van der Waals surface area (Å²) in [6, 6.07) is 6.49. The molecule has 0 radical (unpaired) electrons. The smallest absolute Gasteiger partial charge is 0.170 e. The van der Waals surface area contributed by atoms with Crippen LogP contribution in [0.2, 0.25) is 0 Å². The first-order valence-corrected chi connectivity index (χ1v) is 7.02. The third-order valence-corrected chi connectivity index (χ3v) is 4.03. The summed E-state index contributed by atoms with van der Waals surface area (Å²) in [6.07, 6.45) is -0.811. The molecule has 0 saturated heterocycles. The summed E-state index contributed by atoms with van der Waals surface area (Å²) in [5, 5.41) is 11.3. The molecule has 0 spiro atoms. The number of halogens is 1. The standard InChI is InChI=1S/C16H22FNO2/c1-5-18(6-2)16(3,4)15(19)13-10-11-8-7-9-12(17)14(11)20-13/h7-10,15,19H,5-6H2,1-4H3. The maximum Gasteiger partial charge on any atom is 0.170 e. The fraction of sp³-hybridized carbons (Fsp3) is 0.500. The van der Waals surface area contributed by atoms with Gasteiger partial charge in [-0.3, -0.25) is 4.90 Å². The van der Waals surface area contributed by atoms with Crippen molar-refractivity contribution < 1.29 is 13.9 Å². The first-order valence-electron chi connectivity index (χ1n) is 7.02. The minimum atomic E-state index is -0.811. The van der Waals surface area contributed by atoms with Gasteiger partial charge in [-0.05, 0) is 39.1 Å². The van der Waals surface area contributed by atoms with Gasteiger partial charge in [-0.1, -0.05) is 26.0 Å². The van der Waals surface area contributed by atoms with Crippen molar-refractivity contribution in [2.24, 2.45) is 0 Å². The fourth-order valence-corrected chi connectivity index (χ4v) is 2.74. The molecule has 20 heavy (non-hydrogen) atoms. The molecule has 2 rings (SSSR count). The van der Waals surface area contributed by atoms with Crippen LogP contribution in [0.15, 0.2) is 28.7 Å². The minimum Gasteiger partial charge on any atom is -0.455 e. The first kappa shape index (κ1) is 15.0. The van der Waals surface area contributed by atoms with E-state index in [0.717, 1.165) is 13.1 Å². The van der Waals surface area contributed by atoms with Crippen LogP contribution < -0.4 is 0 Å². The molecule has 3 nitrogen and oxygen atoms in total. The van der Waals surface area contributed by atoms with Gasteiger partial charge in [0, 0.05) is 10.9 Å². The predicted molar refractivity (Wildman–Crippen MR) is 78.1 cm³/mol. The second kappa shape index (κ2) is 5.54. The van der Waals surface area contributed by atoms with Gasteiger partial charge < -0.3 is 9.52 Å². The molecule has 1 aromatic heterocycles. The van der Waals surface area contributed by atoms with Crippen LogP contribution in [0.25, 0.3) is 11.0 Å². The Kier molecular flexibility index (Phi) is 4.16. The Labute approximate surface area is 119 Å². The van der Waals surface area contributed by atoms with Crippen molar-refractivity contribution in [3.8, 4) is 0 Å². The third kappa shape index (κ3) is 2.45. The molecule has 1 heterocycles. The number of rotatable bonds is 5. The SMILES string of the molecule is CCN(CC)C(C)(C)C(O)c1cc2cccc(F)c2o1. The summed E-state index contributed by atoms with van der Waals surface area (Å²) < 4.78 is 19.2. The highest BCUT2D eigenvalue weighted by Crippen LogP contribution is 2.34. The van der Waals surface area contributed by atoms with Crippen LogP contribution in [-0.4, -0.2) is 28.6 Å². The predicted octanol–water partition coefficient (Wildman–Crippen LogP) is 3.73. The lowest BCUT2D eigenvalue weighted by Crippen LogP contribution is -2.48. The van der Waals surface area contributed by atoms with Gasteiger partial charge in [-0.15, -0.1) is 0 Å². The maximum absolute atomic E-state index is 13.7. The summed E-state index contributed by atoms with van der Waals surface area (Å²) in [5.41, 5.74) is -0.273. The summed E-state index contributed by atoms with van der Waals surface area (Å²) in [6.45, 7) is 9.69. The fourth-order valence-electron chi connectivity index (χ4n) is 2.74. The molecule has 1 atom stereocenters. The number of nitrogens with zero attached hydrogens (tertiary/aromatic N) is 1. The lowest BCUT2D eigenvalue weighted by Gasteiger charge is -2.40. The Bertz CT molecular complexity index is 587. The number of aliphatic hydroxyl groups excluding tert-OH is 1. The third-order valence-electron chi connectivity index (χ3n) is 4.03. The van der Waals surface area contributed by atoms with Crippen LogP contribution in [0, 0.1) is 5.82 Å². The monoisotopic (exact) mass is 279 g/mol. The average Bonchev–Trinajstić information content (AvgIpc) is 2.84. The number of benzene rings is 1. The van der Waals surface area contributed by atoms with Crippen molar-refractivity contribution >= 4 is 11.0 Å². The number of para-hydroxylation sites is 1. The lowest BCUT2D eigenvalue weighted by molar-refractivity contribution is -0.0172. The zero-order valence-corrected chi connectivity index (χ0v) is 12.5. The number of likely N-dealkylation sites (N-methyl/N-ethyl adjacent to an activating group) is 1. The van der Waals surface area contributed by atoms with E-state index < -0.39 is 17.5 Å². The van der Waals surface area contributed by atoms with E-state index in [-0.39, 0.29) is 5.58 Å². The largest absolute Gasteiger partial charge is 0.455 e. The van der Waals surface area contributed by atoms with Crippen LogP contribution in [-0.2, 0) is 0 Å². The molecular weight excluding hydrogens is 257 g/mol. The molecule has 1 N–H and O–H groups in total. The molecule has 0 aliphatic heterocycles. The van der Waals surface area contributed by atoms with Gasteiger partial charge in [0.05, 0.1) is 0 Å². The van der Waals surface area contributed by atoms with Gasteiger partial charge in [0.15, 0.2) is 11.4 Å². The van der Waals surface area contributed by atoms with Gasteiger partial charge in [-0.25, -0.2) is 4.39 Å². The Morgan fingerprint density at radius 2 is 1.95 bits per heavy atom. The van der Waals surface area contributed by atoms with E-state index >= 15 is 0 Å². The Balaban J connectivity index is 2.40. The Hall–Kier alpha value is -1.39. The summed E-state index contributed by atoms with van der Waals surface area (Å²) in [5.74, 6) is 0.00333. The molecule has 2 aromatic rings. The number of hydrogen-bond acceptors (Lipinski definition) is 3. The second-order valence-electron chi connectivity index (χ2n) is 5.54. The van der Waals surface area contributed by atoms with Gasteiger partial charge in [0.2, 0.25) is 0 Å². The van der Waals surface area contributed by atoms with Crippen LogP contribution in [0.5, 0.6) is 0 Å². The Morgan fingerprint density at radius 1 is 1.30 bits per heavy atom. The molecule has 0 fully saturated rings. The highest BCUT2D eigenvalue weighted by molar-refractivity contribution is 5.78. The normalized spacial score (nSPS) is 14.2. The first-order chi connectivity index (χ1) is 9.41. The summed E-state index contributed by atoms with van der Waals surface area (Å²) >= 11 is 0. The van der Waals surface area contributed by atoms with Crippen LogP contribution >= 0.6 is 0 Å². The molecule has 1 unspecified atom stereocenters. The summed E-state index contributed by atoms with van der Waals surface area (Å²) in [4.78, 5) is 2.15. The van der Waals surface area contributed by atoms with E-state index in [1.165, 1.54) is 6.07 Å². The number of fused-ring (bicyclic) bond motifs is 1. The zero-order chi connectivity index (χ0) is 14.9. The summed E-state index contributed by atoms with van der Waals surface area (Å²) in [7, 11) is 0. The van der Waals surface area contributed by atoms with E-state index in [2.05, 4.69) is 18.7 Å². The minimum absolute atomic E-state index is 0.205. The maximum atomic E-state index is 13.7. The Morgan fingerprint density at radius 3 is 2.50 bits per heavy atom. The van der Waals surface area contributed by atoms with Crippen molar-refractivity contribution in [3.63, 3.8) is 0 Å². The molecule has 0 amide bonds. The van der Waals surface area contributed by atoms with Crippen molar-refractivity contribution in [2.45, 2.75) is 39.3 Å². The number of hydrogen-bond donors (Lipinski definition) is 1. The molecule has 0 bridgehead atoms. The molecule has 4 heteroatoms. The second-order valence-corrected chi connectivity index (χ2v) is 5.54. The van der Waals surface area contributed by atoms with Gasteiger partial charge in [-0.2, -0.15) is 0 Å². The average molecular weight is 279 g/mol. The number of aliphatic hydroxyl groups is 1. The van der Waals surface area contributed by atoms with Gasteiger partial charge >= 0.3 is 0 Å². The van der Waals surface area contributed by atoms with E-state index in [0.29, 0.717) is 11.1 Å². The van der Waals surface area contributed by atoms with E-state index in [1.807, 2.05) is 13.8 Å². The van der Waals surface area contributed by atoms with Crippen LogP contribution in [0.1, 0.15) is 39.6 Å².